The van der Waals surface area contributed by atoms with Crippen molar-refractivity contribution in [1.29, 1.82) is 0 Å². The molecule has 0 bridgehead atoms. The van der Waals surface area contributed by atoms with Crippen LogP contribution in [0.3, 0.4) is 0 Å². The molecule has 0 aliphatic rings. The van der Waals surface area contributed by atoms with E-state index in [0.29, 0.717) is 11.1 Å². The molecule has 1 rings (SSSR count). The third kappa shape index (κ3) is 5.66. The van der Waals surface area contributed by atoms with Crippen LogP contribution in [0.5, 0.6) is 0 Å². The molecule has 0 radical (unpaired) electrons. The predicted octanol–water partition coefficient (Wildman–Crippen LogP) is 3.14. The molecule has 0 saturated carbocycles. The Hall–Kier alpha value is -2.40. The lowest BCUT2D eigenvalue weighted by Crippen LogP contribution is -2.22. The molecule has 0 aromatic heterocycles. The van der Waals surface area contributed by atoms with E-state index in [-0.39, 0.29) is 17.6 Å². The van der Waals surface area contributed by atoms with Gasteiger partial charge in [-0.25, -0.2) is 5.48 Å². The molecule has 0 saturated heterocycles. The molecule has 1 N–H and O–H groups in total. The molecule has 1 aromatic rings. The van der Waals surface area contributed by atoms with Crippen LogP contribution >= 0.6 is 0 Å². The number of ketones is 1. The second-order valence-electron chi connectivity index (χ2n) is 5.97. The van der Waals surface area contributed by atoms with E-state index in [2.05, 4.69) is 10.3 Å². The molecular formula is C19H26N2O3. The number of rotatable bonds is 7. The first-order chi connectivity index (χ1) is 11.3. The molecular weight excluding hydrogens is 304 g/mol. The van der Waals surface area contributed by atoms with Gasteiger partial charge in [-0.2, -0.15) is 0 Å². The fourth-order valence-electron chi connectivity index (χ4n) is 2.29. The van der Waals surface area contributed by atoms with Gasteiger partial charge in [-0.15, -0.1) is 0 Å². The third-order valence-electron chi connectivity index (χ3n) is 3.59. The highest BCUT2D eigenvalue weighted by Crippen LogP contribution is 2.17. The second-order valence-corrected chi connectivity index (χ2v) is 5.97. The number of carbonyl (C=O) groups is 2. The van der Waals surface area contributed by atoms with Crippen molar-refractivity contribution >= 4 is 17.4 Å². The summed E-state index contributed by atoms with van der Waals surface area (Å²) in [5, 5.41) is 0. The van der Waals surface area contributed by atoms with E-state index in [1.165, 1.54) is 7.11 Å². The van der Waals surface area contributed by atoms with Gasteiger partial charge in [0.25, 0.3) is 5.91 Å². The zero-order valence-corrected chi connectivity index (χ0v) is 15.2. The maximum atomic E-state index is 12.5. The fourth-order valence-corrected chi connectivity index (χ4v) is 2.29. The van der Waals surface area contributed by atoms with Crippen LogP contribution in [0.15, 0.2) is 47.6 Å². The van der Waals surface area contributed by atoms with Crippen molar-refractivity contribution in [3.63, 3.8) is 0 Å². The van der Waals surface area contributed by atoms with Crippen molar-refractivity contribution in [3.05, 3.63) is 53.1 Å². The highest BCUT2D eigenvalue weighted by molar-refractivity contribution is 5.99. The van der Waals surface area contributed by atoms with Gasteiger partial charge >= 0.3 is 0 Å². The minimum atomic E-state index is -0.302. The van der Waals surface area contributed by atoms with Crippen molar-refractivity contribution in [2.24, 2.45) is 5.92 Å². The fraction of sp³-hybridized carbons (Fsp3) is 0.368. The number of anilines is 1. The van der Waals surface area contributed by atoms with E-state index in [1.807, 2.05) is 63.2 Å². The minimum absolute atomic E-state index is 0.0482. The average Bonchev–Trinajstić information content (AvgIpc) is 2.54. The summed E-state index contributed by atoms with van der Waals surface area (Å²) in [4.78, 5) is 30.7. The molecule has 0 spiro atoms. The topological polar surface area (TPSA) is 58.6 Å². The molecule has 0 heterocycles. The summed E-state index contributed by atoms with van der Waals surface area (Å²) in [6, 6.07) is 7.53. The molecule has 0 unspecified atom stereocenters. The Balaban J connectivity index is 2.84. The predicted molar refractivity (Wildman–Crippen MR) is 96.9 cm³/mol. The highest BCUT2D eigenvalue weighted by atomic mass is 16.6. The Labute approximate surface area is 143 Å². The van der Waals surface area contributed by atoms with Crippen molar-refractivity contribution in [3.8, 4) is 0 Å². The third-order valence-corrected chi connectivity index (χ3v) is 3.59. The Morgan fingerprint density at radius 2 is 1.75 bits per heavy atom. The standard InChI is InChI=1S/C19H26N2O3/c1-13(12-15(3)19(23)20-24-6)11-14(2)18(22)16-7-9-17(10-8-16)21(4)5/h7-12,14H,1-6H3,(H,20,23)/b13-11+,15-12+/t14-/m1/s1. The van der Waals surface area contributed by atoms with Gasteiger partial charge in [0.1, 0.15) is 0 Å². The van der Waals surface area contributed by atoms with Crippen LogP contribution < -0.4 is 10.4 Å². The zero-order chi connectivity index (χ0) is 18.3. The van der Waals surface area contributed by atoms with Crippen molar-refractivity contribution in [2.45, 2.75) is 20.8 Å². The quantitative estimate of drug-likeness (QED) is 0.361. The highest BCUT2D eigenvalue weighted by Gasteiger charge is 2.13. The Kier molecular flexibility index (Phi) is 7.39. The lowest BCUT2D eigenvalue weighted by atomic mass is 9.96. The molecule has 24 heavy (non-hydrogen) atoms. The van der Waals surface area contributed by atoms with E-state index in [0.717, 1.165) is 11.3 Å². The van der Waals surface area contributed by atoms with Crippen LogP contribution in [-0.4, -0.2) is 32.9 Å². The van der Waals surface area contributed by atoms with E-state index < -0.39 is 0 Å². The van der Waals surface area contributed by atoms with Crippen LogP contribution in [0.2, 0.25) is 0 Å². The number of allylic oxidation sites excluding steroid dienone is 3. The normalized spacial score (nSPS) is 13.4. The SMILES string of the molecule is CONC(=O)/C(C)=C/C(C)=C/[C@@H](C)C(=O)c1ccc(N(C)C)cc1. The number of hydroxylamine groups is 1. The number of amides is 1. The van der Waals surface area contributed by atoms with Crippen molar-refractivity contribution < 1.29 is 14.4 Å². The molecule has 0 aliphatic carbocycles. The maximum absolute atomic E-state index is 12.5. The number of hydrogen-bond donors (Lipinski definition) is 1. The summed E-state index contributed by atoms with van der Waals surface area (Å²) in [6.45, 7) is 5.41. The van der Waals surface area contributed by atoms with E-state index in [9.17, 15) is 9.59 Å². The Morgan fingerprint density at radius 1 is 1.17 bits per heavy atom. The van der Waals surface area contributed by atoms with Crippen molar-refractivity contribution in [1.82, 2.24) is 5.48 Å². The number of benzene rings is 1. The van der Waals surface area contributed by atoms with Gasteiger partial charge in [-0.1, -0.05) is 24.6 Å². The monoisotopic (exact) mass is 330 g/mol. The average molecular weight is 330 g/mol. The molecule has 0 fully saturated rings. The molecule has 1 amide bonds. The van der Waals surface area contributed by atoms with Gasteiger partial charge in [0, 0.05) is 36.8 Å². The zero-order valence-electron chi connectivity index (χ0n) is 15.2. The molecule has 5 nitrogen and oxygen atoms in total. The van der Waals surface area contributed by atoms with Gasteiger partial charge < -0.3 is 4.90 Å². The summed E-state index contributed by atoms with van der Waals surface area (Å²) in [5.74, 6) is -0.528. The van der Waals surface area contributed by atoms with E-state index >= 15 is 0 Å². The van der Waals surface area contributed by atoms with Crippen molar-refractivity contribution in [2.75, 3.05) is 26.1 Å². The summed E-state index contributed by atoms with van der Waals surface area (Å²) in [5.41, 5.74) is 5.35. The van der Waals surface area contributed by atoms with Gasteiger partial charge in [0.15, 0.2) is 5.78 Å². The number of carbonyl (C=O) groups excluding carboxylic acids is 2. The van der Waals surface area contributed by atoms with Gasteiger partial charge in [-0.3, -0.25) is 14.4 Å². The van der Waals surface area contributed by atoms with Gasteiger partial charge in [0.05, 0.1) is 7.11 Å². The lowest BCUT2D eigenvalue weighted by molar-refractivity contribution is -0.127. The lowest BCUT2D eigenvalue weighted by Gasteiger charge is -2.13. The van der Waals surface area contributed by atoms with Crippen LogP contribution in [0.25, 0.3) is 0 Å². The summed E-state index contributed by atoms with van der Waals surface area (Å²) >= 11 is 0. The van der Waals surface area contributed by atoms with Gasteiger partial charge in [-0.05, 0) is 38.1 Å². The number of nitrogens with one attached hydrogen (secondary N) is 1. The Bertz CT molecular complexity index is 643. The van der Waals surface area contributed by atoms with Crippen LogP contribution in [0.1, 0.15) is 31.1 Å². The Morgan fingerprint density at radius 3 is 2.25 bits per heavy atom. The number of hydrogen-bond acceptors (Lipinski definition) is 4. The number of Topliss-reactive ketones (excluding diaryl/α,β-unsaturated/α-hetero) is 1. The van der Waals surface area contributed by atoms with Crippen LogP contribution in [0, 0.1) is 5.92 Å². The van der Waals surface area contributed by atoms with E-state index in [4.69, 9.17) is 0 Å². The largest absolute Gasteiger partial charge is 0.378 e. The molecule has 0 aliphatic heterocycles. The molecule has 1 aromatic carbocycles. The smallest absolute Gasteiger partial charge is 0.270 e. The molecule has 5 heteroatoms. The second kappa shape index (κ2) is 9.03. The number of nitrogens with zero attached hydrogens (tertiary/aromatic N) is 1. The summed E-state index contributed by atoms with van der Waals surface area (Å²) in [6.07, 6.45) is 3.58. The van der Waals surface area contributed by atoms with Crippen LogP contribution in [-0.2, 0) is 9.63 Å². The minimum Gasteiger partial charge on any atom is -0.378 e. The first-order valence-corrected chi connectivity index (χ1v) is 7.78. The first-order valence-electron chi connectivity index (χ1n) is 7.78. The van der Waals surface area contributed by atoms with Crippen LogP contribution in [0.4, 0.5) is 5.69 Å². The van der Waals surface area contributed by atoms with E-state index in [1.54, 1.807) is 13.0 Å². The summed E-state index contributed by atoms with van der Waals surface area (Å²) in [7, 11) is 5.30. The van der Waals surface area contributed by atoms with Gasteiger partial charge in [0.2, 0.25) is 0 Å². The maximum Gasteiger partial charge on any atom is 0.270 e. The first kappa shape index (κ1) is 19.6. The molecule has 1 atom stereocenters. The molecule has 130 valence electrons. The summed E-state index contributed by atoms with van der Waals surface area (Å²) < 4.78 is 0.